The van der Waals surface area contributed by atoms with E-state index >= 15 is 0 Å². The van der Waals surface area contributed by atoms with Gasteiger partial charge in [0.05, 0.1) is 6.07 Å². The Morgan fingerprint density at radius 3 is 2.39 bits per heavy atom. The minimum atomic E-state index is 0.380. The maximum absolute atomic E-state index is 9.44. The van der Waals surface area contributed by atoms with Crippen molar-refractivity contribution in [2.24, 2.45) is 5.92 Å². The summed E-state index contributed by atoms with van der Waals surface area (Å²) in [6, 6.07) is 20.0. The predicted molar refractivity (Wildman–Crippen MR) is 113 cm³/mol. The van der Waals surface area contributed by atoms with Crippen molar-refractivity contribution in [2.75, 3.05) is 32.7 Å². The van der Waals surface area contributed by atoms with Crippen LogP contribution in [0.1, 0.15) is 41.1 Å². The van der Waals surface area contributed by atoms with Crippen molar-refractivity contribution >= 4 is 5.57 Å². The Morgan fingerprint density at radius 1 is 0.929 bits per heavy atom. The molecule has 142 valence electrons. The Kier molecular flexibility index (Phi) is 4.76. The average Bonchev–Trinajstić information content (AvgIpc) is 3.56. The second kappa shape index (κ2) is 7.54. The first-order valence-corrected chi connectivity index (χ1v) is 10.6. The maximum Gasteiger partial charge on any atom is 0.0918 e. The van der Waals surface area contributed by atoms with Crippen LogP contribution in [0, 0.1) is 17.2 Å². The zero-order valence-electron chi connectivity index (χ0n) is 16.3. The van der Waals surface area contributed by atoms with Gasteiger partial charge in [0.15, 0.2) is 0 Å². The average molecular weight is 370 g/mol. The minimum absolute atomic E-state index is 0.380. The zero-order chi connectivity index (χ0) is 18.9. The molecular formula is C25H27N3. The highest BCUT2D eigenvalue weighted by Gasteiger charge is 2.32. The molecule has 5 rings (SSSR count). The van der Waals surface area contributed by atoms with Crippen molar-refractivity contribution in [1.82, 2.24) is 9.80 Å². The smallest absolute Gasteiger partial charge is 0.0918 e. The Hall–Kier alpha value is -2.41. The lowest BCUT2D eigenvalue weighted by molar-refractivity contribution is 0.0927. The summed E-state index contributed by atoms with van der Waals surface area (Å²) >= 11 is 0. The number of piperazine rings is 1. The predicted octanol–water partition coefficient (Wildman–Crippen LogP) is 4.27. The molecule has 3 aliphatic rings. The molecule has 2 fully saturated rings. The van der Waals surface area contributed by atoms with E-state index < -0.39 is 0 Å². The molecule has 2 aliphatic carbocycles. The van der Waals surface area contributed by atoms with Gasteiger partial charge in [-0.3, -0.25) is 4.90 Å². The minimum Gasteiger partial charge on any atom is -0.301 e. The van der Waals surface area contributed by atoms with E-state index in [0.29, 0.717) is 6.04 Å². The molecular weight excluding hydrogens is 342 g/mol. The van der Waals surface area contributed by atoms with Crippen molar-refractivity contribution in [3.05, 3.63) is 76.9 Å². The normalized spacial score (nSPS) is 24.2. The maximum atomic E-state index is 9.44. The highest BCUT2D eigenvalue weighted by atomic mass is 15.3. The Labute approximate surface area is 167 Å². The second-order valence-electron chi connectivity index (χ2n) is 8.43. The molecule has 28 heavy (non-hydrogen) atoms. The van der Waals surface area contributed by atoms with Crippen LogP contribution in [0.4, 0.5) is 0 Å². The molecule has 1 atom stereocenters. The molecule has 0 amide bonds. The van der Waals surface area contributed by atoms with E-state index in [1.165, 1.54) is 54.7 Å². The van der Waals surface area contributed by atoms with Crippen LogP contribution >= 0.6 is 0 Å². The second-order valence-corrected chi connectivity index (χ2v) is 8.43. The topological polar surface area (TPSA) is 30.3 Å². The van der Waals surface area contributed by atoms with Gasteiger partial charge in [0, 0.05) is 44.8 Å². The van der Waals surface area contributed by atoms with Gasteiger partial charge in [0.1, 0.15) is 0 Å². The van der Waals surface area contributed by atoms with Gasteiger partial charge >= 0.3 is 0 Å². The molecule has 0 N–H and O–H groups in total. The molecule has 0 radical (unpaired) electrons. The molecule has 3 heteroatoms. The first-order chi connectivity index (χ1) is 13.8. The number of nitrogens with zero attached hydrogens (tertiary/aromatic N) is 3. The largest absolute Gasteiger partial charge is 0.301 e. The van der Waals surface area contributed by atoms with Crippen LogP contribution in [0.25, 0.3) is 5.57 Å². The summed E-state index contributed by atoms with van der Waals surface area (Å²) in [6.45, 7) is 5.92. The fourth-order valence-electron chi connectivity index (χ4n) is 4.93. The number of fused-ring (bicyclic) bond motifs is 2. The molecule has 0 bridgehead atoms. The lowest BCUT2D eigenvalue weighted by Gasteiger charge is -2.40. The number of nitriles is 1. The van der Waals surface area contributed by atoms with Crippen molar-refractivity contribution in [3.8, 4) is 6.07 Å². The monoisotopic (exact) mass is 369 g/mol. The van der Waals surface area contributed by atoms with Gasteiger partial charge in [-0.05, 0) is 53.0 Å². The van der Waals surface area contributed by atoms with E-state index in [2.05, 4.69) is 64.4 Å². The van der Waals surface area contributed by atoms with Crippen LogP contribution in [0.3, 0.4) is 0 Å². The SMILES string of the molecule is N#CC=C1c2ccccc2CC(N2CCN(CC3CC3)CC2)c2ccccc21. The molecule has 1 unspecified atom stereocenters. The summed E-state index contributed by atoms with van der Waals surface area (Å²) in [6.07, 6.45) is 5.61. The van der Waals surface area contributed by atoms with Gasteiger partial charge in [0.2, 0.25) is 0 Å². The molecule has 0 spiro atoms. The number of allylic oxidation sites excluding steroid dienone is 1. The highest BCUT2D eigenvalue weighted by molar-refractivity contribution is 5.85. The fraction of sp³-hybridized carbons (Fsp3) is 0.400. The first kappa shape index (κ1) is 17.7. The third-order valence-electron chi connectivity index (χ3n) is 6.60. The summed E-state index contributed by atoms with van der Waals surface area (Å²) < 4.78 is 0. The van der Waals surface area contributed by atoms with Gasteiger partial charge in [-0.25, -0.2) is 0 Å². The number of benzene rings is 2. The summed E-state index contributed by atoms with van der Waals surface area (Å²) in [5, 5.41) is 9.44. The first-order valence-electron chi connectivity index (χ1n) is 10.6. The van der Waals surface area contributed by atoms with Crippen molar-refractivity contribution in [2.45, 2.75) is 25.3 Å². The summed E-state index contributed by atoms with van der Waals surface area (Å²) in [5.41, 5.74) is 6.23. The van der Waals surface area contributed by atoms with E-state index in [1.54, 1.807) is 6.08 Å². The molecule has 2 aromatic rings. The molecule has 2 aromatic carbocycles. The number of rotatable bonds is 3. The van der Waals surface area contributed by atoms with E-state index in [1.807, 2.05) is 0 Å². The zero-order valence-corrected chi connectivity index (χ0v) is 16.3. The van der Waals surface area contributed by atoms with E-state index in [9.17, 15) is 5.26 Å². The lowest BCUT2D eigenvalue weighted by Crippen LogP contribution is -2.48. The van der Waals surface area contributed by atoms with Crippen LogP contribution in [0.15, 0.2) is 54.6 Å². The van der Waals surface area contributed by atoms with Crippen LogP contribution in [-0.2, 0) is 6.42 Å². The van der Waals surface area contributed by atoms with Gasteiger partial charge in [-0.15, -0.1) is 0 Å². The van der Waals surface area contributed by atoms with Gasteiger partial charge in [-0.2, -0.15) is 5.26 Å². The standard InChI is InChI=1S/C25H27N3/c26-12-11-23-21-6-2-1-5-20(21)17-25(24-8-4-3-7-22(23)24)28-15-13-27(14-16-28)18-19-9-10-19/h1-8,11,19,25H,9-10,13-18H2. The van der Waals surface area contributed by atoms with E-state index in [0.717, 1.165) is 31.0 Å². The molecule has 1 saturated carbocycles. The fourth-order valence-corrected chi connectivity index (χ4v) is 4.93. The van der Waals surface area contributed by atoms with Crippen LogP contribution in [0.5, 0.6) is 0 Å². The number of hydrogen-bond donors (Lipinski definition) is 0. The molecule has 1 aliphatic heterocycles. The third-order valence-corrected chi connectivity index (χ3v) is 6.60. The molecule has 0 aromatic heterocycles. The van der Waals surface area contributed by atoms with Gasteiger partial charge in [-0.1, -0.05) is 48.5 Å². The molecule has 1 heterocycles. The van der Waals surface area contributed by atoms with Gasteiger partial charge < -0.3 is 4.90 Å². The molecule has 3 nitrogen and oxygen atoms in total. The summed E-state index contributed by atoms with van der Waals surface area (Å²) in [5.74, 6) is 0.968. The lowest BCUT2D eigenvalue weighted by atomic mass is 9.93. The van der Waals surface area contributed by atoms with Crippen molar-refractivity contribution < 1.29 is 0 Å². The van der Waals surface area contributed by atoms with Crippen molar-refractivity contribution in [3.63, 3.8) is 0 Å². The van der Waals surface area contributed by atoms with Gasteiger partial charge in [0.25, 0.3) is 0 Å². The molecule has 1 saturated heterocycles. The van der Waals surface area contributed by atoms with Crippen molar-refractivity contribution in [1.29, 1.82) is 5.26 Å². The van der Waals surface area contributed by atoms with E-state index in [-0.39, 0.29) is 0 Å². The quantitative estimate of drug-likeness (QED) is 0.757. The summed E-state index contributed by atoms with van der Waals surface area (Å²) in [7, 11) is 0. The Morgan fingerprint density at radius 2 is 1.64 bits per heavy atom. The Balaban J connectivity index is 1.49. The van der Waals surface area contributed by atoms with Crippen LogP contribution in [0.2, 0.25) is 0 Å². The van der Waals surface area contributed by atoms with E-state index in [4.69, 9.17) is 0 Å². The highest BCUT2D eigenvalue weighted by Crippen LogP contribution is 2.40. The Bertz CT molecular complexity index is 927. The summed E-state index contributed by atoms with van der Waals surface area (Å²) in [4.78, 5) is 5.33. The third kappa shape index (κ3) is 3.39. The van der Waals surface area contributed by atoms with Crippen LogP contribution in [-0.4, -0.2) is 42.5 Å². The number of hydrogen-bond acceptors (Lipinski definition) is 3. The van der Waals surface area contributed by atoms with Crippen LogP contribution < -0.4 is 0 Å².